The highest BCUT2D eigenvalue weighted by Crippen LogP contribution is 2.32. The van der Waals surface area contributed by atoms with E-state index in [1.807, 2.05) is 0 Å². The Bertz CT molecular complexity index is 431. The average Bonchev–Trinajstić information content (AvgIpc) is 2.18. The van der Waals surface area contributed by atoms with Crippen LogP contribution in [0.1, 0.15) is 22.5 Å². The first-order valence-electron chi connectivity index (χ1n) is 3.93. The number of hydrogen-bond acceptors (Lipinski definition) is 3. The van der Waals surface area contributed by atoms with Crippen molar-refractivity contribution < 1.29 is 35.9 Å². The molecule has 1 rings (SSSR count). The summed E-state index contributed by atoms with van der Waals surface area (Å²) in [6.45, 7) is 0. The van der Waals surface area contributed by atoms with Crippen molar-refractivity contribution >= 4 is 6.29 Å². The first kappa shape index (κ1) is 13.3. The predicted molar refractivity (Wildman–Crippen MR) is 41.2 cm³/mol. The van der Waals surface area contributed by atoms with Crippen LogP contribution in [-0.4, -0.2) is 17.6 Å². The molecular weight excluding hydrogens is 256 g/mol. The zero-order chi connectivity index (χ0) is 13.2. The van der Waals surface area contributed by atoms with Crippen molar-refractivity contribution in [3.63, 3.8) is 0 Å². The molecule has 0 atom stereocenters. The number of aldehydes is 1. The molecule has 0 amide bonds. The van der Waals surface area contributed by atoms with Crippen molar-refractivity contribution in [2.45, 2.75) is 12.8 Å². The second kappa shape index (κ2) is 4.60. The van der Waals surface area contributed by atoms with Gasteiger partial charge in [-0.3, -0.25) is 4.79 Å². The van der Waals surface area contributed by atoms with E-state index >= 15 is 0 Å². The minimum Gasteiger partial charge on any atom is -0.400 e. The lowest BCUT2D eigenvalue weighted by molar-refractivity contribution is -0.275. The molecule has 0 saturated heterocycles. The molecule has 17 heavy (non-hydrogen) atoms. The van der Waals surface area contributed by atoms with Crippen LogP contribution < -0.4 is 4.74 Å². The van der Waals surface area contributed by atoms with E-state index < -0.39 is 35.6 Å². The Morgan fingerprint density at radius 1 is 1.35 bits per heavy atom. The lowest BCUT2D eigenvalue weighted by atomic mass is 10.2. The normalized spacial score (nSPS) is 11.7. The van der Waals surface area contributed by atoms with Crippen LogP contribution >= 0.6 is 0 Å². The summed E-state index contributed by atoms with van der Waals surface area (Å²) >= 11 is 0. The van der Waals surface area contributed by atoms with Crippen LogP contribution in [0.3, 0.4) is 0 Å². The van der Waals surface area contributed by atoms with Gasteiger partial charge in [-0.25, -0.2) is 18.2 Å². The van der Waals surface area contributed by atoms with Gasteiger partial charge in [0.2, 0.25) is 0 Å². The lowest BCUT2D eigenvalue weighted by Gasteiger charge is -2.12. The van der Waals surface area contributed by atoms with Crippen LogP contribution in [0.25, 0.3) is 0 Å². The number of hydrogen-bond donors (Lipinski definition) is 0. The molecule has 0 fully saturated rings. The van der Waals surface area contributed by atoms with Crippen molar-refractivity contribution in [2.75, 3.05) is 0 Å². The summed E-state index contributed by atoms with van der Waals surface area (Å²) in [5, 5.41) is 0. The van der Waals surface area contributed by atoms with Crippen molar-refractivity contribution in [1.82, 2.24) is 4.98 Å². The van der Waals surface area contributed by atoms with E-state index in [2.05, 4.69) is 9.72 Å². The van der Waals surface area contributed by atoms with E-state index in [4.69, 9.17) is 0 Å². The SMILES string of the molecule is O=Cc1ncc(C(F)F)c(F)c1OC(F)(F)F. The zero-order valence-corrected chi connectivity index (χ0v) is 7.76. The number of alkyl halides is 5. The van der Waals surface area contributed by atoms with E-state index in [1.165, 1.54) is 0 Å². The number of halogens is 6. The number of pyridine rings is 1. The Hall–Kier alpha value is -1.80. The molecule has 0 aliphatic heterocycles. The Morgan fingerprint density at radius 3 is 2.35 bits per heavy atom. The molecule has 0 N–H and O–H groups in total. The number of carbonyl (C=O) groups is 1. The van der Waals surface area contributed by atoms with Crippen LogP contribution in [0.15, 0.2) is 6.20 Å². The van der Waals surface area contributed by atoms with Gasteiger partial charge in [-0.05, 0) is 0 Å². The monoisotopic (exact) mass is 259 g/mol. The molecule has 0 radical (unpaired) electrons. The largest absolute Gasteiger partial charge is 0.573 e. The fraction of sp³-hybridized carbons (Fsp3) is 0.250. The Morgan fingerprint density at radius 2 is 1.94 bits per heavy atom. The Kier molecular flexibility index (Phi) is 3.59. The predicted octanol–water partition coefficient (Wildman–Crippen LogP) is 2.87. The summed E-state index contributed by atoms with van der Waals surface area (Å²) in [5.41, 5.74) is -2.43. The van der Waals surface area contributed by atoms with Gasteiger partial charge in [-0.1, -0.05) is 0 Å². The highest BCUT2D eigenvalue weighted by Gasteiger charge is 2.35. The summed E-state index contributed by atoms with van der Waals surface area (Å²) in [5.74, 6) is -3.63. The summed E-state index contributed by atoms with van der Waals surface area (Å²) in [4.78, 5) is 13.2. The highest BCUT2D eigenvalue weighted by molar-refractivity contribution is 5.76. The molecule has 1 aromatic heterocycles. The van der Waals surface area contributed by atoms with Gasteiger partial charge in [0.25, 0.3) is 6.43 Å². The van der Waals surface area contributed by atoms with Crippen LogP contribution in [0, 0.1) is 5.82 Å². The van der Waals surface area contributed by atoms with Crippen molar-refractivity contribution in [3.8, 4) is 5.75 Å². The molecule has 0 aromatic carbocycles. The van der Waals surface area contributed by atoms with Crippen LogP contribution in [-0.2, 0) is 0 Å². The molecule has 0 aliphatic carbocycles. The van der Waals surface area contributed by atoms with Gasteiger partial charge in [-0.15, -0.1) is 13.2 Å². The van der Waals surface area contributed by atoms with Gasteiger partial charge in [0, 0.05) is 6.20 Å². The van der Waals surface area contributed by atoms with Gasteiger partial charge >= 0.3 is 6.36 Å². The first-order chi connectivity index (χ1) is 7.76. The van der Waals surface area contributed by atoms with Gasteiger partial charge in [0.1, 0.15) is 5.69 Å². The third kappa shape index (κ3) is 3.08. The minimum atomic E-state index is -5.32. The quantitative estimate of drug-likeness (QED) is 0.618. The van der Waals surface area contributed by atoms with Gasteiger partial charge < -0.3 is 4.74 Å². The van der Waals surface area contributed by atoms with Crippen LogP contribution in [0.4, 0.5) is 26.3 Å². The average molecular weight is 259 g/mol. The van der Waals surface area contributed by atoms with E-state index in [-0.39, 0.29) is 12.5 Å². The van der Waals surface area contributed by atoms with Crippen molar-refractivity contribution in [1.29, 1.82) is 0 Å². The van der Waals surface area contributed by atoms with Gasteiger partial charge in [-0.2, -0.15) is 0 Å². The Balaban J connectivity index is 3.32. The lowest BCUT2D eigenvalue weighted by Crippen LogP contribution is -2.20. The minimum absolute atomic E-state index is 0.237. The molecule has 1 aromatic rings. The maximum Gasteiger partial charge on any atom is 0.573 e. The summed E-state index contributed by atoms with van der Waals surface area (Å²) in [6.07, 6.45) is -8.66. The highest BCUT2D eigenvalue weighted by atomic mass is 19.4. The first-order valence-corrected chi connectivity index (χ1v) is 3.93. The Labute approximate surface area is 90.0 Å². The number of aromatic nitrogens is 1. The number of carbonyl (C=O) groups excluding carboxylic acids is 1. The van der Waals surface area contributed by atoms with Gasteiger partial charge in [0.15, 0.2) is 17.9 Å². The summed E-state index contributed by atoms with van der Waals surface area (Å²) in [7, 11) is 0. The zero-order valence-electron chi connectivity index (χ0n) is 7.76. The topological polar surface area (TPSA) is 39.2 Å². The van der Waals surface area contributed by atoms with E-state index in [9.17, 15) is 31.1 Å². The molecule has 94 valence electrons. The number of nitrogens with zero attached hydrogens (tertiary/aromatic N) is 1. The van der Waals surface area contributed by atoms with E-state index in [1.54, 1.807) is 0 Å². The third-order valence-electron chi connectivity index (χ3n) is 1.59. The smallest absolute Gasteiger partial charge is 0.400 e. The fourth-order valence-electron chi connectivity index (χ4n) is 0.947. The second-order valence-corrected chi connectivity index (χ2v) is 2.71. The standard InChI is InChI=1S/C8H3F6NO2/c9-5-3(7(10)11)1-15-4(2-16)6(5)17-8(12,13)14/h1-2,7H. The van der Waals surface area contributed by atoms with Crippen LogP contribution in [0.5, 0.6) is 5.75 Å². The molecular formula is C8H3F6NO2. The number of rotatable bonds is 3. The summed E-state index contributed by atoms with van der Waals surface area (Å²) < 4.78 is 76.2. The second-order valence-electron chi connectivity index (χ2n) is 2.71. The molecule has 0 saturated carbocycles. The van der Waals surface area contributed by atoms with Crippen molar-refractivity contribution in [3.05, 3.63) is 23.3 Å². The fourth-order valence-corrected chi connectivity index (χ4v) is 0.947. The maximum atomic E-state index is 13.2. The van der Waals surface area contributed by atoms with E-state index in [0.29, 0.717) is 0 Å². The maximum absolute atomic E-state index is 13.2. The molecule has 3 nitrogen and oxygen atoms in total. The molecule has 0 aliphatic rings. The summed E-state index contributed by atoms with van der Waals surface area (Å²) in [6, 6.07) is 0. The molecule has 0 spiro atoms. The molecule has 0 bridgehead atoms. The van der Waals surface area contributed by atoms with Gasteiger partial charge in [0.05, 0.1) is 5.56 Å². The molecule has 0 unspecified atom stereocenters. The van der Waals surface area contributed by atoms with E-state index in [0.717, 1.165) is 0 Å². The van der Waals surface area contributed by atoms with Crippen LogP contribution in [0.2, 0.25) is 0 Å². The molecule has 9 heteroatoms. The third-order valence-corrected chi connectivity index (χ3v) is 1.59. The molecule has 1 heterocycles. The van der Waals surface area contributed by atoms with Crippen molar-refractivity contribution in [2.24, 2.45) is 0 Å². The number of ether oxygens (including phenoxy) is 1.